The van der Waals surface area contributed by atoms with Crippen molar-refractivity contribution in [2.24, 2.45) is 0 Å². The van der Waals surface area contributed by atoms with Crippen molar-refractivity contribution >= 4 is 29.3 Å². The first-order valence-electron chi connectivity index (χ1n) is 8.43. The second kappa shape index (κ2) is 8.92. The summed E-state index contributed by atoms with van der Waals surface area (Å²) in [5, 5.41) is 13.9. The monoisotopic (exact) mass is 393 g/mol. The minimum Gasteiger partial charge on any atom is -0.340 e. The van der Waals surface area contributed by atoms with Crippen LogP contribution < -0.4 is 5.32 Å². The molecule has 0 aliphatic rings. The number of nitro groups is 1. The van der Waals surface area contributed by atoms with Crippen LogP contribution >= 0.6 is 11.6 Å². The van der Waals surface area contributed by atoms with Gasteiger partial charge < -0.3 is 5.32 Å². The number of hydrogen-bond acceptors (Lipinski definition) is 4. The van der Waals surface area contributed by atoms with Gasteiger partial charge in [0.2, 0.25) is 5.91 Å². The number of amides is 1. The smallest absolute Gasteiger partial charge is 0.288 e. The van der Waals surface area contributed by atoms with Crippen molar-refractivity contribution < 1.29 is 9.72 Å². The minimum atomic E-state index is -0.563. The summed E-state index contributed by atoms with van der Waals surface area (Å²) >= 11 is 5.81. The number of nitrogens with one attached hydrogen (secondary N) is 1. The van der Waals surface area contributed by atoms with Crippen LogP contribution in [-0.4, -0.2) is 15.8 Å². The normalized spacial score (nSPS) is 11.9. The van der Waals surface area contributed by atoms with Gasteiger partial charge in [0, 0.05) is 18.3 Å². The van der Waals surface area contributed by atoms with Crippen LogP contribution in [0.4, 0.5) is 5.69 Å². The van der Waals surface area contributed by atoms with Crippen LogP contribution in [0.3, 0.4) is 0 Å². The highest BCUT2D eigenvalue weighted by Gasteiger charge is 2.17. The summed E-state index contributed by atoms with van der Waals surface area (Å²) in [5.41, 5.74) is 1.89. The minimum absolute atomic E-state index is 0.0471. The summed E-state index contributed by atoms with van der Waals surface area (Å²) in [6.07, 6.45) is 4.49. The Labute approximate surface area is 166 Å². The standard InChI is InChI=1S/C21H16ClN3O3/c22-17-11-9-15(14-19(17)25(27)28)10-12-20(26)24-21(16-6-2-1-3-7-16)18-8-4-5-13-23-18/h1-14,21H,(H,24,26)/b12-10+. The predicted octanol–water partition coefficient (Wildman–Crippen LogP) is 4.56. The zero-order chi connectivity index (χ0) is 19.9. The number of aromatic nitrogens is 1. The van der Waals surface area contributed by atoms with Gasteiger partial charge in [-0.1, -0.05) is 54.1 Å². The molecule has 1 heterocycles. The molecule has 1 amide bonds. The average molecular weight is 394 g/mol. The molecule has 1 atom stereocenters. The van der Waals surface area contributed by atoms with Crippen LogP contribution in [0, 0.1) is 10.1 Å². The molecule has 0 bridgehead atoms. The van der Waals surface area contributed by atoms with E-state index in [4.69, 9.17) is 11.6 Å². The topological polar surface area (TPSA) is 85.1 Å². The molecule has 3 aromatic rings. The second-order valence-corrected chi connectivity index (χ2v) is 6.32. The van der Waals surface area contributed by atoms with Gasteiger partial charge in [0.15, 0.2) is 0 Å². The number of benzene rings is 2. The van der Waals surface area contributed by atoms with Gasteiger partial charge in [-0.3, -0.25) is 19.9 Å². The van der Waals surface area contributed by atoms with Crippen molar-refractivity contribution in [2.75, 3.05) is 0 Å². The molecule has 1 aromatic heterocycles. The van der Waals surface area contributed by atoms with Gasteiger partial charge in [0.25, 0.3) is 5.69 Å². The number of halogens is 1. The Morgan fingerprint density at radius 1 is 1.11 bits per heavy atom. The fraction of sp³-hybridized carbons (Fsp3) is 0.0476. The van der Waals surface area contributed by atoms with Gasteiger partial charge in [-0.05, 0) is 35.4 Å². The Balaban J connectivity index is 1.80. The first kappa shape index (κ1) is 19.3. The molecule has 0 saturated heterocycles. The maximum atomic E-state index is 12.5. The molecule has 0 spiro atoms. The molecule has 140 valence electrons. The Morgan fingerprint density at radius 2 is 1.86 bits per heavy atom. The quantitative estimate of drug-likeness (QED) is 0.378. The zero-order valence-corrected chi connectivity index (χ0v) is 15.4. The molecule has 1 unspecified atom stereocenters. The summed E-state index contributed by atoms with van der Waals surface area (Å²) in [7, 11) is 0. The number of rotatable bonds is 6. The fourth-order valence-corrected chi connectivity index (χ4v) is 2.84. The van der Waals surface area contributed by atoms with E-state index in [1.165, 1.54) is 24.3 Å². The molecule has 6 nitrogen and oxygen atoms in total. The van der Waals surface area contributed by atoms with Crippen LogP contribution in [0.2, 0.25) is 5.02 Å². The summed E-state index contributed by atoms with van der Waals surface area (Å²) < 4.78 is 0. The first-order valence-corrected chi connectivity index (χ1v) is 8.81. The van der Waals surface area contributed by atoms with E-state index in [0.717, 1.165) is 5.56 Å². The molecule has 0 aliphatic heterocycles. The molecule has 0 fully saturated rings. The van der Waals surface area contributed by atoms with E-state index in [2.05, 4.69) is 10.3 Å². The third-order valence-corrected chi connectivity index (χ3v) is 4.32. The van der Waals surface area contributed by atoms with Crippen molar-refractivity contribution in [1.29, 1.82) is 0 Å². The van der Waals surface area contributed by atoms with E-state index in [1.54, 1.807) is 18.3 Å². The lowest BCUT2D eigenvalue weighted by Gasteiger charge is -2.17. The van der Waals surface area contributed by atoms with Gasteiger partial charge in [-0.25, -0.2) is 0 Å². The zero-order valence-electron chi connectivity index (χ0n) is 14.7. The molecular formula is C21H16ClN3O3. The van der Waals surface area contributed by atoms with Gasteiger partial charge in [-0.2, -0.15) is 0 Å². The molecule has 7 heteroatoms. The predicted molar refractivity (Wildman–Crippen MR) is 108 cm³/mol. The maximum absolute atomic E-state index is 12.5. The van der Waals surface area contributed by atoms with E-state index in [9.17, 15) is 14.9 Å². The number of pyridine rings is 1. The van der Waals surface area contributed by atoms with Crippen LogP contribution in [0.15, 0.2) is 79.0 Å². The molecular weight excluding hydrogens is 378 g/mol. The Morgan fingerprint density at radius 3 is 2.54 bits per heavy atom. The van der Waals surface area contributed by atoms with Crippen molar-refractivity contribution in [1.82, 2.24) is 10.3 Å². The SMILES string of the molecule is O=C(/C=C/c1ccc(Cl)c([N+](=O)[O-])c1)NC(c1ccccc1)c1ccccn1. The van der Waals surface area contributed by atoms with Gasteiger partial charge in [0.1, 0.15) is 5.02 Å². The average Bonchev–Trinajstić information content (AvgIpc) is 2.72. The second-order valence-electron chi connectivity index (χ2n) is 5.91. The highest BCUT2D eigenvalue weighted by Crippen LogP contribution is 2.25. The van der Waals surface area contributed by atoms with E-state index in [1.807, 2.05) is 42.5 Å². The highest BCUT2D eigenvalue weighted by atomic mass is 35.5. The third kappa shape index (κ3) is 4.81. The Kier molecular flexibility index (Phi) is 6.14. The van der Waals surface area contributed by atoms with Crippen LogP contribution in [0.1, 0.15) is 22.9 Å². The highest BCUT2D eigenvalue weighted by molar-refractivity contribution is 6.32. The molecule has 2 aromatic carbocycles. The fourth-order valence-electron chi connectivity index (χ4n) is 2.66. The van der Waals surface area contributed by atoms with Crippen LogP contribution in [-0.2, 0) is 4.79 Å². The lowest BCUT2D eigenvalue weighted by atomic mass is 10.0. The summed E-state index contributed by atoms with van der Waals surface area (Å²) in [5.74, 6) is -0.350. The summed E-state index contributed by atoms with van der Waals surface area (Å²) in [6, 6.07) is 18.9. The molecule has 1 N–H and O–H groups in total. The van der Waals surface area contributed by atoms with E-state index < -0.39 is 11.0 Å². The molecule has 0 aliphatic carbocycles. The first-order chi connectivity index (χ1) is 13.5. The van der Waals surface area contributed by atoms with E-state index in [0.29, 0.717) is 11.3 Å². The van der Waals surface area contributed by atoms with Crippen molar-refractivity contribution in [3.63, 3.8) is 0 Å². The van der Waals surface area contributed by atoms with Crippen LogP contribution in [0.25, 0.3) is 6.08 Å². The van der Waals surface area contributed by atoms with E-state index >= 15 is 0 Å². The number of nitro benzene ring substituents is 1. The number of hydrogen-bond donors (Lipinski definition) is 1. The maximum Gasteiger partial charge on any atom is 0.288 e. The van der Waals surface area contributed by atoms with Crippen molar-refractivity contribution in [2.45, 2.75) is 6.04 Å². The van der Waals surface area contributed by atoms with Gasteiger partial charge in [0.05, 0.1) is 16.7 Å². The van der Waals surface area contributed by atoms with Gasteiger partial charge in [-0.15, -0.1) is 0 Å². The molecule has 3 rings (SSSR count). The number of carbonyl (C=O) groups excluding carboxylic acids is 1. The Bertz CT molecular complexity index is 968. The van der Waals surface area contributed by atoms with E-state index in [-0.39, 0.29) is 16.6 Å². The number of carbonyl (C=O) groups is 1. The lowest BCUT2D eigenvalue weighted by molar-refractivity contribution is -0.384. The number of nitrogens with zero attached hydrogens (tertiary/aromatic N) is 2. The molecule has 0 saturated carbocycles. The summed E-state index contributed by atoms with van der Waals surface area (Å²) in [6.45, 7) is 0. The lowest BCUT2D eigenvalue weighted by Crippen LogP contribution is -2.28. The summed E-state index contributed by atoms with van der Waals surface area (Å²) in [4.78, 5) is 27.2. The molecule has 28 heavy (non-hydrogen) atoms. The Hall–Kier alpha value is -3.51. The third-order valence-electron chi connectivity index (χ3n) is 4.00. The van der Waals surface area contributed by atoms with Crippen molar-refractivity contribution in [3.05, 3.63) is 111 Å². The molecule has 0 radical (unpaired) electrons. The van der Waals surface area contributed by atoms with Crippen LogP contribution in [0.5, 0.6) is 0 Å². The van der Waals surface area contributed by atoms with Gasteiger partial charge >= 0.3 is 0 Å². The largest absolute Gasteiger partial charge is 0.340 e. The van der Waals surface area contributed by atoms with Crippen molar-refractivity contribution in [3.8, 4) is 0 Å².